The summed E-state index contributed by atoms with van der Waals surface area (Å²) in [6.45, 7) is 5.36. The minimum absolute atomic E-state index is 0.0254. The maximum atomic E-state index is 13.3. The number of aryl methyl sites for hydroxylation is 1. The summed E-state index contributed by atoms with van der Waals surface area (Å²) in [6, 6.07) is 6.24. The van der Waals surface area contributed by atoms with Crippen molar-refractivity contribution in [2.75, 3.05) is 26.2 Å². The van der Waals surface area contributed by atoms with Crippen molar-refractivity contribution in [2.24, 2.45) is 5.73 Å². The van der Waals surface area contributed by atoms with E-state index in [0.29, 0.717) is 36.0 Å². The number of nitrogens with zero attached hydrogens (tertiary/aromatic N) is 2. The van der Waals surface area contributed by atoms with E-state index in [1.54, 1.807) is 31.2 Å². The van der Waals surface area contributed by atoms with Gasteiger partial charge in [0.1, 0.15) is 6.04 Å². The van der Waals surface area contributed by atoms with Gasteiger partial charge in [-0.15, -0.1) is 0 Å². The normalized spacial score (nSPS) is 17.4. The van der Waals surface area contributed by atoms with E-state index in [0.717, 1.165) is 13.0 Å². The summed E-state index contributed by atoms with van der Waals surface area (Å²) in [5, 5.41) is 4.27. The predicted molar refractivity (Wildman–Crippen MR) is 102 cm³/mol. The number of pyridine rings is 1. The maximum absolute atomic E-state index is 13.3. The fourth-order valence-electron chi connectivity index (χ4n) is 3.02. The van der Waals surface area contributed by atoms with Crippen molar-refractivity contribution in [3.8, 4) is 5.88 Å². The van der Waals surface area contributed by atoms with E-state index in [1.165, 1.54) is 11.2 Å². The molecule has 9 heteroatoms. The summed E-state index contributed by atoms with van der Waals surface area (Å²) >= 11 is 0. The summed E-state index contributed by atoms with van der Waals surface area (Å²) in [4.78, 5) is 16.2. The molecule has 1 aliphatic heterocycles. The number of fused-ring (bicyclic) bond motifs is 1. The number of hydrogen-bond acceptors (Lipinski definition) is 7. The fourth-order valence-corrected chi connectivity index (χ4v) is 4.62. The number of sulfonamides is 1. The summed E-state index contributed by atoms with van der Waals surface area (Å²) in [7, 11) is -3.85. The lowest BCUT2D eigenvalue weighted by Gasteiger charge is -2.21. The Morgan fingerprint density at radius 2 is 1.96 bits per heavy atom. The van der Waals surface area contributed by atoms with E-state index in [-0.39, 0.29) is 10.9 Å². The lowest BCUT2D eigenvalue weighted by molar-refractivity contribution is -0.135. The molecule has 1 fully saturated rings. The third-order valence-electron chi connectivity index (χ3n) is 4.54. The first kappa shape index (κ1) is 19.7. The Balaban J connectivity index is 2.16. The number of benzene rings is 1. The lowest BCUT2D eigenvalue weighted by atomic mass is 10.1. The molecule has 1 saturated heterocycles. The average Bonchev–Trinajstić information content (AvgIpc) is 2.93. The van der Waals surface area contributed by atoms with Crippen LogP contribution >= 0.6 is 0 Å². The van der Waals surface area contributed by atoms with Crippen LogP contribution in [0.15, 0.2) is 29.3 Å². The monoisotopic (exact) mass is 392 g/mol. The maximum Gasteiger partial charge on any atom is 0.329 e. The molecule has 0 amide bonds. The van der Waals surface area contributed by atoms with E-state index in [9.17, 15) is 13.2 Å². The van der Waals surface area contributed by atoms with Gasteiger partial charge in [-0.3, -0.25) is 0 Å². The number of carbonyl (C=O) groups excluding carboxylic acids is 1. The van der Waals surface area contributed by atoms with Gasteiger partial charge in [0.2, 0.25) is 5.88 Å². The molecule has 3 N–H and O–H groups in total. The molecule has 0 unspecified atom stereocenters. The van der Waals surface area contributed by atoms with Gasteiger partial charge in [-0.2, -0.15) is 9.29 Å². The lowest BCUT2D eigenvalue weighted by Crippen LogP contribution is -2.35. The van der Waals surface area contributed by atoms with Crippen LogP contribution in [-0.4, -0.2) is 55.9 Å². The van der Waals surface area contributed by atoms with E-state index in [4.69, 9.17) is 10.5 Å². The minimum atomic E-state index is -3.85. The van der Waals surface area contributed by atoms with Crippen molar-refractivity contribution in [2.45, 2.75) is 31.3 Å². The highest BCUT2D eigenvalue weighted by Crippen LogP contribution is 2.32. The van der Waals surface area contributed by atoms with Gasteiger partial charge >= 0.3 is 5.97 Å². The van der Waals surface area contributed by atoms with Crippen LogP contribution in [0.2, 0.25) is 0 Å². The van der Waals surface area contributed by atoms with Crippen LogP contribution in [0.5, 0.6) is 5.88 Å². The summed E-state index contributed by atoms with van der Waals surface area (Å²) in [5.74, 6) is -0.689. The van der Waals surface area contributed by atoms with Gasteiger partial charge in [-0.25, -0.2) is 13.2 Å². The molecule has 3 rings (SSSR count). The van der Waals surface area contributed by atoms with Crippen molar-refractivity contribution in [3.63, 3.8) is 0 Å². The second kappa shape index (κ2) is 7.89. The van der Waals surface area contributed by atoms with Gasteiger partial charge in [-0.05, 0) is 32.2 Å². The number of aromatic nitrogens is 1. The van der Waals surface area contributed by atoms with Gasteiger partial charge in [0, 0.05) is 30.6 Å². The highest BCUT2D eigenvalue weighted by Gasteiger charge is 2.30. The quantitative estimate of drug-likeness (QED) is 0.739. The molecule has 1 atom stereocenters. The number of nitrogens with one attached hydrogen (secondary N) is 1. The Morgan fingerprint density at radius 1 is 1.26 bits per heavy atom. The van der Waals surface area contributed by atoms with Crippen LogP contribution in [0.4, 0.5) is 0 Å². The van der Waals surface area contributed by atoms with Crippen LogP contribution in [0.1, 0.15) is 18.9 Å². The zero-order valence-electron chi connectivity index (χ0n) is 15.4. The van der Waals surface area contributed by atoms with Crippen molar-refractivity contribution in [1.29, 1.82) is 0 Å². The standard InChI is InChI=1S/C18H24N4O4S/c1-12-14-6-3-4-7-15(14)17(21-16(12)26-18(23)13(2)19)27(24,25)22-10-5-8-20-9-11-22/h3-4,6-7,13,20H,5,8-11,19H2,1-2H3/t13-/m0/s1. The Morgan fingerprint density at radius 3 is 2.67 bits per heavy atom. The van der Waals surface area contributed by atoms with Gasteiger partial charge in [-0.1, -0.05) is 24.3 Å². The van der Waals surface area contributed by atoms with E-state index < -0.39 is 22.0 Å². The summed E-state index contributed by atoms with van der Waals surface area (Å²) in [5.41, 5.74) is 6.16. The number of esters is 1. The number of ether oxygens (including phenoxy) is 1. The Hall–Kier alpha value is -2.07. The van der Waals surface area contributed by atoms with Gasteiger partial charge in [0.25, 0.3) is 10.0 Å². The Labute approximate surface area is 158 Å². The smallest absolute Gasteiger partial charge is 0.329 e. The zero-order chi connectivity index (χ0) is 19.6. The molecule has 8 nitrogen and oxygen atoms in total. The van der Waals surface area contributed by atoms with E-state index >= 15 is 0 Å². The zero-order valence-corrected chi connectivity index (χ0v) is 16.3. The molecule has 27 heavy (non-hydrogen) atoms. The molecule has 1 aromatic carbocycles. The van der Waals surface area contributed by atoms with E-state index in [1.807, 2.05) is 0 Å². The van der Waals surface area contributed by atoms with Crippen molar-refractivity contribution < 1.29 is 17.9 Å². The first-order valence-electron chi connectivity index (χ1n) is 8.90. The second-order valence-corrected chi connectivity index (χ2v) is 8.46. The molecule has 0 radical (unpaired) electrons. The highest BCUT2D eigenvalue weighted by molar-refractivity contribution is 7.89. The van der Waals surface area contributed by atoms with Crippen LogP contribution in [0.3, 0.4) is 0 Å². The van der Waals surface area contributed by atoms with Gasteiger partial charge in [0.05, 0.1) is 0 Å². The fraction of sp³-hybridized carbons (Fsp3) is 0.444. The molecule has 0 aliphatic carbocycles. The molecular weight excluding hydrogens is 368 g/mol. The Kier molecular flexibility index (Phi) is 5.75. The SMILES string of the molecule is Cc1c(OC(=O)[C@H](C)N)nc(S(=O)(=O)N2CCCNCC2)c2ccccc12. The Bertz CT molecular complexity index is 951. The van der Waals surface area contributed by atoms with Crippen LogP contribution in [0, 0.1) is 6.92 Å². The number of hydrogen-bond donors (Lipinski definition) is 2. The van der Waals surface area contributed by atoms with Crippen molar-refractivity contribution in [3.05, 3.63) is 29.8 Å². The first-order valence-corrected chi connectivity index (χ1v) is 10.3. The number of rotatable bonds is 4. The molecule has 0 spiro atoms. The van der Waals surface area contributed by atoms with Crippen LogP contribution in [-0.2, 0) is 14.8 Å². The summed E-state index contributed by atoms with van der Waals surface area (Å²) < 4.78 is 33.3. The molecule has 146 valence electrons. The van der Waals surface area contributed by atoms with Crippen molar-refractivity contribution in [1.82, 2.24) is 14.6 Å². The van der Waals surface area contributed by atoms with Gasteiger partial charge in [0.15, 0.2) is 5.03 Å². The van der Waals surface area contributed by atoms with Crippen LogP contribution in [0.25, 0.3) is 10.8 Å². The number of nitrogens with two attached hydrogens (primary N) is 1. The van der Waals surface area contributed by atoms with Gasteiger partial charge < -0.3 is 15.8 Å². The molecule has 1 aromatic heterocycles. The molecule has 0 bridgehead atoms. The third-order valence-corrected chi connectivity index (χ3v) is 6.38. The third kappa shape index (κ3) is 3.96. The topological polar surface area (TPSA) is 115 Å². The van der Waals surface area contributed by atoms with E-state index in [2.05, 4.69) is 10.3 Å². The molecule has 0 saturated carbocycles. The molecule has 2 heterocycles. The molecule has 1 aliphatic rings. The first-order chi connectivity index (χ1) is 12.8. The van der Waals surface area contributed by atoms with Crippen molar-refractivity contribution >= 4 is 26.8 Å². The average molecular weight is 392 g/mol. The largest absolute Gasteiger partial charge is 0.406 e. The highest BCUT2D eigenvalue weighted by atomic mass is 32.2. The second-order valence-electron chi connectivity index (χ2n) is 6.61. The minimum Gasteiger partial charge on any atom is -0.406 e. The van der Waals surface area contributed by atoms with Crippen LogP contribution < -0.4 is 15.8 Å². The predicted octanol–water partition coefficient (Wildman–Crippen LogP) is 0.780. The number of carbonyl (C=O) groups is 1. The molecule has 2 aromatic rings. The summed E-state index contributed by atoms with van der Waals surface area (Å²) in [6.07, 6.45) is 0.718. The molecular formula is C18H24N4O4S.